The highest BCUT2D eigenvalue weighted by Crippen LogP contribution is 3.42. The largest absolute Gasteiger partial charge is 0.114 e. The molecule has 33 rings (SSSR count). The molecule has 1 heteroatoms. The topological polar surface area (TPSA) is 0 Å². The Morgan fingerprint density at radius 1 is 0.255 bits per heavy atom. The summed E-state index contributed by atoms with van der Waals surface area (Å²) in [5.74, 6) is 45.9. The lowest BCUT2D eigenvalue weighted by molar-refractivity contribution is -0.945. The van der Waals surface area contributed by atoms with Gasteiger partial charge in [0.1, 0.15) is 7.28 Å². The Morgan fingerprint density at radius 3 is 0.818 bits per heavy atom. The first-order valence-corrected chi connectivity index (χ1v) is 27.2. The lowest BCUT2D eigenvalue weighted by Crippen LogP contribution is -3.38. The summed E-state index contributed by atoms with van der Waals surface area (Å²) in [7, 11) is 3.01. The Morgan fingerprint density at radius 2 is 0.509 bits per heavy atom. The van der Waals surface area contributed by atoms with Gasteiger partial charge in [-0.25, -0.2) is 0 Å². The zero-order valence-electron chi connectivity index (χ0n) is 31.2. The molecule has 1 aliphatic heterocycles. The maximum absolute atomic E-state index is 3.01. The van der Waals surface area contributed by atoms with Gasteiger partial charge in [-0.15, -0.1) is 0 Å². The molecule has 0 bridgehead atoms. The van der Waals surface area contributed by atoms with Crippen molar-refractivity contribution >= 4 is 7.28 Å². The van der Waals surface area contributed by atoms with Gasteiger partial charge in [-0.2, -0.15) is 0 Å². The molecular weight excluding hydrogens is 659 g/mol. The second-order valence-corrected chi connectivity index (χ2v) is 33.3. The van der Waals surface area contributed by atoms with E-state index in [0.717, 1.165) is 81.2 Å². The Labute approximate surface area is 320 Å². The van der Waals surface area contributed by atoms with Crippen LogP contribution in [0.4, 0.5) is 0 Å². The summed E-state index contributed by atoms with van der Waals surface area (Å²) < 4.78 is 0. The third kappa shape index (κ3) is 0.695. The molecule has 15 spiro atoms. The lowest BCUT2D eigenvalue weighted by atomic mass is 8.63. The highest BCUT2D eigenvalue weighted by molar-refractivity contribution is 6.42. The molecule has 55 heavy (non-hydrogen) atoms. The summed E-state index contributed by atoms with van der Waals surface area (Å²) >= 11 is 0. The SMILES string of the molecule is [B]1CC2C1C1C3C4C5C6C7C8C9C%10C%11C%12C%13C%14C%15CC%16CC%17C%18C%19C%20C%21C%22C%23C%24C%25C%26C%27C%28C%29C%30C%31CC%32CC2C%32%31C1%30C3%29C4%28C5%27C6%26C7%25C8%24C9%23C%10%22C%11%21C%12%20C%13%19C%14%18C%16%15%17. The van der Waals surface area contributed by atoms with Crippen LogP contribution in [-0.2, 0) is 0 Å². The van der Waals surface area contributed by atoms with Crippen LogP contribution in [0.25, 0.3) is 0 Å². The molecule has 0 aromatic rings. The third-order valence-electron chi connectivity index (χ3n) is 42.0. The molecule has 0 aromatic heterocycles. The molecule has 1 saturated heterocycles. The van der Waals surface area contributed by atoms with E-state index in [-0.39, 0.29) is 0 Å². The monoisotopic (exact) mass is 703 g/mol. The molecule has 32 aliphatic carbocycles. The Kier molecular flexibility index (Phi) is 1.50. The number of hydrogen-bond acceptors (Lipinski definition) is 0. The zero-order valence-corrected chi connectivity index (χ0v) is 31.2. The molecule has 0 amide bonds. The average molecular weight is 704 g/mol. The minimum atomic E-state index is 1.01. The number of rotatable bonds is 0. The van der Waals surface area contributed by atoms with Crippen molar-refractivity contribution in [2.45, 2.75) is 37.8 Å². The van der Waals surface area contributed by atoms with E-state index < -0.39 is 0 Å². The minimum absolute atomic E-state index is 1.01. The van der Waals surface area contributed by atoms with Gasteiger partial charge in [0.05, 0.1) is 0 Å². The summed E-state index contributed by atoms with van der Waals surface area (Å²) in [5, 5.41) is 0. The summed E-state index contributed by atoms with van der Waals surface area (Å²) in [4.78, 5) is 0. The van der Waals surface area contributed by atoms with E-state index in [0.29, 0.717) is 0 Å². The van der Waals surface area contributed by atoms with E-state index in [1.54, 1.807) is 32.0 Å². The molecule has 1 radical (unpaired) electrons. The van der Waals surface area contributed by atoms with Gasteiger partial charge >= 0.3 is 0 Å². The normalized spacial score (nSPS) is 122. The maximum Gasteiger partial charge on any atom is 0.114 e. The zero-order chi connectivity index (χ0) is 31.4. The van der Waals surface area contributed by atoms with Crippen LogP contribution in [0, 0.1) is 277 Å². The first-order valence-electron chi connectivity index (χ1n) is 27.2. The lowest BCUT2D eigenvalue weighted by Gasteiger charge is -3.40. The van der Waals surface area contributed by atoms with Crippen molar-refractivity contribution in [1.29, 1.82) is 0 Å². The molecule has 0 N–H and O–H groups in total. The molecule has 33 fully saturated rings. The summed E-state index contributed by atoms with van der Waals surface area (Å²) in [6, 6.07) is 0. The molecule has 0 aromatic carbocycles. The van der Waals surface area contributed by atoms with Gasteiger partial charge in [0.25, 0.3) is 0 Å². The van der Waals surface area contributed by atoms with Crippen molar-refractivity contribution in [2.24, 2.45) is 277 Å². The Balaban J connectivity index is 0.617. The standard InChI is InChI=1S/C54H44B/c1-6-2-10-15-18-21-24-27-30-31-28-25-22-19-16-13-11-3-7-4-12-14-17-20-23-26-29-32-33-34-35-36-37-38-39-8(5-55-39)9(1)40(6,10)43(15,38)45(18,37)47(21,36)49(24,35)51(27,34)53(30,33)54(31,32)52(28,29)50(25,26)48(22,23)46(19,20)44(16,17)42(13,14)41(7,11)12/h6-39H,1-5H2. The fraction of sp³-hybridized carbons (Fsp3) is 1.00. The molecule has 263 valence electrons. The maximum atomic E-state index is 3.01. The molecule has 0 nitrogen and oxygen atoms in total. The summed E-state index contributed by atoms with van der Waals surface area (Å²) in [5.41, 5.74) is 16.1. The van der Waals surface area contributed by atoms with Crippen LogP contribution in [0.5, 0.6) is 0 Å². The van der Waals surface area contributed by atoms with Crippen molar-refractivity contribution in [1.82, 2.24) is 0 Å². The van der Waals surface area contributed by atoms with Gasteiger partial charge in [-0.1, -0.05) is 12.1 Å². The van der Waals surface area contributed by atoms with Gasteiger partial charge in [0, 0.05) is 0 Å². The van der Waals surface area contributed by atoms with Gasteiger partial charge in [0.2, 0.25) is 0 Å². The average Bonchev–Trinajstić information content (AvgIpc) is 3.05. The van der Waals surface area contributed by atoms with Crippen LogP contribution in [0.1, 0.15) is 25.7 Å². The second-order valence-electron chi connectivity index (χ2n) is 33.3. The summed E-state index contributed by atoms with van der Waals surface area (Å²) in [6.07, 6.45) is 8.61. The fourth-order valence-corrected chi connectivity index (χ4v) is 49.1. The third-order valence-corrected chi connectivity index (χ3v) is 42.0. The van der Waals surface area contributed by atoms with E-state index in [4.69, 9.17) is 0 Å². The first-order chi connectivity index (χ1) is 27.3. The molecule has 49 unspecified atom stereocenters. The number of fused-ring (bicyclic) bond motifs is 30. The van der Waals surface area contributed by atoms with E-state index >= 15 is 0 Å². The smallest absolute Gasteiger partial charge is 0.0773 e. The highest BCUT2D eigenvalue weighted by atomic mass is 15.4. The Hall–Kier alpha value is 0.0649. The van der Waals surface area contributed by atoms with Gasteiger partial charge in [0.15, 0.2) is 0 Å². The predicted octanol–water partition coefficient (Wildman–Crippen LogP) is 6.04. The van der Waals surface area contributed by atoms with Crippen LogP contribution in [0.3, 0.4) is 0 Å². The van der Waals surface area contributed by atoms with Crippen molar-refractivity contribution < 1.29 is 0 Å². The van der Waals surface area contributed by atoms with Crippen molar-refractivity contribution in [3.8, 4) is 0 Å². The van der Waals surface area contributed by atoms with E-state index in [1.807, 2.05) is 0 Å². The van der Waals surface area contributed by atoms with Crippen molar-refractivity contribution in [2.75, 3.05) is 0 Å². The molecule has 32 saturated carbocycles. The molecular formula is C54H44B. The predicted molar refractivity (Wildman–Crippen MR) is 184 cm³/mol. The van der Waals surface area contributed by atoms with Crippen molar-refractivity contribution in [3.63, 3.8) is 0 Å². The molecule has 33 aliphatic rings. The van der Waals surface area contributed by atoms with Crippen LogP contribution in [0.2, 0.25) is 12.1 Å². The molecule has 1 heterocycles. The number of hydrogen-bond donors (Lipinski definition) is 0. The van der Waals surface area contributed by atoms with Crippen LogP contribution >= 0.6 is 0 Å². The van der Waals surface area contributed by atoms with E-state index in [2.05, 4.69) is 7.28 Å². The van der Waals surface area contributed by atoms with Crippen molar-refractivity contribution in [3.05, 3.63) is 0 Å². The van der Waals surface area contributed by atoms with E-state index in [1.165, 1.54) is 201 Å². The minimum Gasteiger partial charge on any atom is -0.0773 e. The second kappa shape index (κ2) is 3.88. The van der Waals surface area contributed by atoms with Gasteiger partial charge in [-0.3, -0.25) is 0 Å². The van der Waals surface area contributed by atoms with Crippen LogP contribution in [0.15, 0.2) is 0 Å². The van der Waals surface area contributed by atoms with Gasteiger partial charge in [-0.05, 0) is 302 Å². The van der Waals surface area contributed by atoms with Crippen LogP contribution in [-0.4, -0.2) is 7.28 Å². The highest BCUT2D eigenvalue weighted by Gasteiger charge is 3.40. The Bertz CT molecular complexity index is 3030. The molecule has 49 atom stereocenters. The quantitative estimate of drug-likeness (QED) is 0.271. The fourth-order valence-electron chi connectivity index (χ4n) is 49.1. The first kappa shape index (κ1) is 21.2. The summed E-state index contributed by atoms with van der Waals surface area (Å²) in [6.45, 7) is 0. The van der Waals surface area contributed by atoms with Crippen LogP contribution < -0.4 is 0 Å². The van der Waals surface area contributed by atoms with Gasteiger partial charge < -0.3 is 0 Å². The van der Waals surface area contributed by atoms with E-state index in [9.17, 15) is 0 Å².